The number of amides is 2. The number of pyridine rings is 1. The van der Waals surface area contributed by atoms with Crippen molar-refractivity contribution in [2.45, 2.75) is 46.2 Å². The molecular formula is C27H39N7O3. The van der Waals surface area contributed by atoms with E-state index in [4.69, 9.17) is 10.1 Å². The molecule has 10 nitrogen and oxygen atoms in total. The van der Waals surface area contributed by atoms with Crippen molar-refractivity contribution in [1.82, 2.24) is 30.5 Å². The lowest BCUT2D eigenvalue weighted by Crippen LogP contribution is -2.39. The second kappa shape index (κ2) is 13.7. The Kier molecular flexibility index (Phi) is 10.4. The standard InChI is InChI=1S/C25H33N7O3.C2H6/c1-16(27-2)32-15-18(24(33)29-14-17-8-11-35-12-9-17)13-19(23(32)26)25(34)28-10-7-22-30-20-5-3-4-6-21(20)31-22;1-2/h3-6,13,15-17,26-27H,7-12,14H2,1-2H3,(H,28,34)(H,29,33)(H,30,31);1-2H3. The van der Waals surface area contributed by atoms with E-state index < -0.39 is 5.91 Å². The highest BCUT2D eigenvalue weighted by Gasteiger charge is 2.19. The first-order chi connectivity index (χ1) is 18.0. The van der Waals surface area contributed by atoms with Gasteiger partial charge >= 0.3 is 0 Å². The zero-order valence-corrected chi connectivity index (χ0v) is 22.2. The Hall–Kier alpha value is -3.50. The van der Waals surface area contributed by atoms with Gasteiger partial charge in [-0.15, -0.1) is 0 Å². The van der Waals surface area contributed by atoms with Gasteiger partial charge in [-0.05, 0) is 50.9 Å². The maximum absolute atomic E-state index is 13.0. The first kappa shape index (κ1) is 28.1. The minimum Gasteiger partial charge on any atom is -0.381 e. The summed E-state index contributed by atoms with van der Waals surface area (Å²) in [7, 11) is 1.77. The molecule has 1 aliphatic rings. The zero-order chi connectivity index (χ0) is 26.8. The average molecular weight is 510 g/mol. The molecule has 0 spiro atoms. The van der Waals surface area contributed by atoms with Gasteiger partial charge in [0.1, 0.15) is 11.3 Å². The molecule has 3 aromatic rings. The lowest BCUT2D eigenvalue weighted by Gasteiger charge is -2.22. The van der Waals surface area contributed by atoms with E-state index in [1.807, 2.05) is 45.0 Å². The number of ether oxygens (including phenoxy) is 1. The number of hydrogen-bond donors (Lipinski definition) is 5. The molecule has 0 saturated carbocycles. The van der Waals surface area contributed by atoms with Crippen molar-refractivity contribution in [2.75, 3.05) is 33.4 Å². The molecule has 1 saturated heterocycles. The first-order valence-electron chi connectivity index (χ1n) is 13.0. The lowest BCUT2D eigenvalue weighted by atomic mass is 10.0. The first-order valence-corrected chi connectivity index (χ1v) is 13.0. The zero-order valence-electron chi connectivity index (χ0n) is 22.2. The summed E-state index contributed by atoms with van der Waals surface area (Å²) in [6, 6.07) is 9.25. The van der Waals surface area contributed by atoms with Crippen molar-refractivity contribution < 1.29 is 14.3 Å². The fraction of sp³-hybridized carbons (Fsp3) is 0.481. The van der Waals surface area contributed by atoms with E-state index in [0.29, 0.717) is 44.2 Å². The monoisotopic (exact) mass is 509 g/mol. The van der Waals surface area contributed by atoms with E-state index >= 15 is 0 Å². The molecule has 1 aliphatic heterocycles. The summed E-state index contributed by atoms with van der Waals surface area (Å²) in [5.74, 6) is 0.498. The summed E-state index contributed by atoms with van der Waals surface area (Å²) >= 11 is 0. The maximum Gasteiger partial charge on any atom is 0.255 e. The van der Waals surface area contributed by atoms with E-state index in [1.165, 1.54) is 6.07 Å². The van der Waals surface area contributed by atoms with E-state index in [0.717, 1.165) is 29.7 Å². The number of fused-ring (bicyclic) bond motifs is 1. The van der Waals surface area contributed by atoms with Gasteiger partial charge in [0.05, 0.1) is 28.3 Å². The third-order valence-corrected chi connectivity index (χ3v) is 6.41. The van der Waals surface area contributed by atoms with Crippen LogP contribution in [-0.4, -0.2) is 59.7 Å². The Labute approximate surface area is 217 Å². The van der Waals surface area contributed by atoms with Crippen LogP contribution in [0.25, 0.3) is 11.0 Å². The molecule has 3 heterocycles. The number of hydrogen-bond acceptors (Lipinski definition) is 6. The smallest absolute Gasteiger partial charge is 0.255 e. The number of imidazole rings is 1. The van der Waals surface area contributed by atoms with Gasteiger partial charge < -0.3 is 30.2 Å². The van der Waals surface area contributed by atoms with Gasteiger partial charge in [-0.25, -0.2) is 4.98 Å². The quantitative estimate of drug-likeness (QED) is 0.302. The number of aromatic amines is 1. The van der Waals surface area contributed by atoms with Crippen molar-refractivity contribution in [3.05, 3.63) is 59.0 Å². The molecule has 2 aromatic heterocycles. The molecule has 200 valence electrons. The topological polar surface area (TPSA) is 137 Å². The van der Waals surface area contributed by atoms with Crippen LogP contribution in [0.4, 0.5) is 0 Å². The highest BCUT2D eigenvalue weighted by molar-refractivity contribution is 5.99. The normalized spacial score (nSPS) is 14.5. The van der Waals surface area contributed by atoms with Crippen molar-refractivity contribution >= 4 is 22.8 Å². The van der Waals surface area contributed by atoms with E-state index in [9.17, 15) is 9.59 Å². The lowest BCUT2D eigenvalue weighted by molar-refractivity contribution is 0.0642. The van der Waals surface area contributed by atoms with Gasteiger partial charge in [0, 0.05) is 38.9 Å². The summed E-state index contributed by atoms with van der Waals surface area (Å²) in [6.45, 7) is 8.20. The third kappa shape index (κ3) is 7.27. The SMILES string of the molecule is CC.CNC(C)n1cc(C(=O)NCC2CCOCC2)cc(C(=O)NCCc2nc3ccccc3[nH]2)c1=N. The Bertz CT molecular complexity index is 1210. The van der Waals surface area contributed by atoms with Gasteiger partial charge in [-0.1, -0.05) is 26.0 Å². The van der Waals surface area contributed by atoms with Crippen molar-refractivity contribution in [3.8, 4) is 0 Å². The fourth-order valence-corrected chi connectivity index (χ4v) is 4.16. The second-order valence-corrected chi connectivity index (χ2v) is 8.84. The van der Waals surface area contributed by atoms with E-state index in [1.54, 1.807) is 17.8 Å². The van der Waals surface area contributed by atoms with Crippen LogP contribution in [0.5, 0.6) is 0 Å². The Morgan fingerprint density at radius 3 is 2.62 bits per heavy atom. The van der Waals surface area contributed by atoms with Gasteiger partial charge in [-0.3, -0.25) is 15.0 Å². The fourth-order valence-electron chi connectivity index (χ4n) is 4.16. The molecule has 5 N–H and O–H groups in total. The summed E-state index contributed by atoms with van der Waals surface area (Å²) in [5.41, 5.74) is 2.36. The van der Waals surface area contributed by atoms with Crippen LogP contribution in [-0.2, 0) is 11.2 Å². The minimum atomic E-state index is -0.401. The molecule has 0 radical (unpaired) electrons. The van der Waals surface area contributed by atoms with Gasteiger partial charge in [0.2, 0.25) is 0 Å². The molecular weight excluding hydrogens is 470 g/mol. The van der Waals surface area contributed by atoms with Gasteiger partial charge in [0.15, 0.2) is 0 Å². The number of aromatic nitrogens is 3. The largest absolute Gasteiger partial charge is 0.381 e. The van der Waals surface area contributed by atoms with Crippen molar-refractivity contribution in [2.24, 2.45) is 5.92 Å². The average Bonchev–Trinajstić information content (AvgIpc) is 3.36. The summed E-state index contributed by atoms with van der Waals surface area (Å²) in [6.07, 6.45) is 3.70. The maximum atomic E-state index is 13.0. The molecule has 2 amide bonds. The number of rotatable bonds is 9. The van der Waals surface area contributed by atoms with Crippen LogP contribution in [0.3, 0.4) is 0 Å². The molecule has 37 heavy (non-hydrogen) atoms. The highest BCUT2D eigenvalue weighted by Crippen LogP contribution is 2.14. The van der Waals surface area contributed by atoms with E-state index in [-0.39, 0.29) is 23.1 Å². The third-order valence-electron chi connectivity index (χ3n) is 6.41. The number of para-hydroxylation sites is 2. The molecule has 4 rings (SSSR count). The van der Waals surface area contributed by atoms with E-state index in [2.05, 4.69) is 25.9 Å². The Balaban J connectivity index is 0.00000186. The van der Waals surface area contributed by atoms with Crippen molar-refractivity contribution in [1.29, 1.82) is 5.41 Å². The molecule has 1 fully saturated rings. The number of benzene rings is 1. The number of carbonyl (C=O) groups is 2. The minimum absolute atomic E-state index is 0.0362. The molecule has 1 unspecified atom stereocenters. The number of carbonyl (C=O) groups excluding carboxylic acids is 2. The number of nitrogens with zero attached hydrogens (tertiary/aromatic N) is 2. The van der Waals surface area contributed by atoms with Crippen molar-refractivity contribution in [3.63, 3.8) is 0 Å². The summed E-state index contributed by atoms with van der Waals surface area (Å²) in [4.78, 5) is 33.7. The van der Waals surface area contributed by atoms with Gasteiger partial charge in [-0.2, -0.15) is 0 Å². The molecule has 0 bridgehead atoms. The molecule has 0 aliphatic carbocycles. The van der Waals surface area contributed by atoms with Crippen LogP contribution >= 0.6 is 0 Å². The predicted molar refractivity (Wildman–Crippen MR) is 143 cm³/mol. The summed E-state index contributed by atoms with van der Waals surface area (Å²) in [5, 5.41) is 17.5. The van der Waals surface area contributed by atoms with Crippen LogP contribution < -0.4 is 21.4 Å². The predicted octanol–water partition coefficient (Wildman–Crippen LogP) is 2.74. The molecule has 1 aromatic carbocycles. The molecule has 1 atom stereocenters. The van der Waals surface area contributed by atoms with Crippen LogP contribution in [0.2, 0.25) is 0 Å². The highest BCUT2D eigenvalue weighted by atomic mass is 16.5. The number of H-pyrrole nitrogens is 1. The number of nitrogens with one attached hydrogen (secondary N) is 5. The second-order valence-electron chi connectivity index (χ2n) is 8.84. The van der Waals surface area contributed by atoms with Gasteiger partial charge in [0.25, 0.3) is 11.8 Å². The van der Waals surface area contributed by atoms with Crippen LogP contribution in [0.1, 0.15) is 66.3 Å². The Morgan fingerprint density at radius 2 is 1.92 bits per heavy atom. The molecule has 10 heteroatoms. The Morgan fingerprint density at radius 1 is 1.19 bits per heavy atom. The summed E-state index contributed by atoms with van der Waals surface area (Å²) < 4.78 is 6.98. The van der Waals surface area contributed by atoms with Crippen LogP contribution in [0.15, 0.2) is 36.5 Å². The van der Waals surface area contributed by atoms with Crippen LogP contribution in [0, 0.1) is 11.3 Å².